The number of hydrogen-bond donors (Lipinski definition) is 1. The van der Waals surface area contributed by atoms with E-state index >= 15 is 0 Å². The molecule has 0 unspecified atom stereocenters. The first-order valence-electron chi connectivity index (χ1n) is 4.50. The van der Waals surface area contributed by atoms with Gasteiger partial charge < -0.3 is 5.11 Å². The van der Waals surface area contributed by atoms with Crippen molar-refractivity contribution in [3.63, 3.8) is 0 Å². The van der Waals surface area contributed by atoms with Gasteiger partial charge in [0.05, 0.1) is 6.42 Å². The zero-order chi connectivity index (χ0) is 12.3. The number of hydrogen-bond acceptors (Lipinski definition) is 2. The van der Waals surface area contributed by atoms with E-state index in [-0.39, 0.29) is 23.0 Å². The van der Waals surface area contributed by atoms with Gasteiger partial charge in [-0.3, -0.25) is 9.78 Å². The fraction of sp³-hybridized carbons (Fsp3) is 0.400. The number of aryl methyl sites for hydroxylation is 1. The minimum atomic E-state index is -2.69. The molecule has 0 spiro atoms. The molecule has 0 aliphatic carbocycles. The average Bonchev–Trinajstić information content (AvgIpc) is 2.19. The Morgan fingerprint density at radius 3 is 2.62 bits per heavy atom. The maximum atomic E-state index is 12.6. The zero-order valence-corrected chi connectivity index (χ0v) is 10.1. The Hall–Kier alpha value is -1.04. The first kappa shape index (κ1) is 13.0. The molecule has 0 saturated heterocycles. The first-order valence-corrected chi connectivity index (χ1v) is 5.62. The van der Waals surface area contributed by atoms with E-state index in [0.29, 0.717) is 11.1 Å². The van der Waals surface area contributed by atoms with Crippen LogP contribution in [0.25, 0.3) is 0 Å². The van der Waals surface area contributed by atoms with Crippen LogP contribution in [0, 0.1) is 6.92 Å². The molecule has 6 heteroatoms. The van der Waals surface area contributed by atoms with Crippen LogP contribution in [0.3, 0.4) is 0 Å². The third-order valence-corrected chi connectivity index (χ3v) is 2.78. The lowest BCUT2D eigenvalue weighted by molar-refractivity contribution is -0.136. The molecule has 0 amide bonds. The van der Waals surface area contributed by atoms with Crippen molar-refractivity contribution in [2.24, 2.45) is 0 Å². The molecule has 0 aliphatic rings. The SMILES string of the molecule is Cc1cnc(C(F)F)c(CBr)c1CC(=O)O. The summed E-state index contributed by atoms with van der Waals surface area (Å²) in [4.78, 5) is 14.3. The van der Waals surface area contributed by atoms with E-state index < -0.39 is 12.4 Å². The number of aromatic nitrogens is 1. The van der Waals surface area contributed by atoms with Crippen LogP contribution in [-0.4, -0.2) is 16.1 Å². The monoisotopic (exact) mass is 293 g/mol. The van der Waals surface area contributed by atoms with E-state index in [9.17, 15) is 13.6 Å². The van der Waals surface area contributed by atoms with Crippen LogP contribution in [-0.2, 0) is 16.5 Å². The number of pyridine rings is 1. The number of rotatable bonds is 4. The van der Waals surface area contributed by atoms with Gasteiger partial charge >= 0.3 is 5.97 Å². The minimum absolute atomic E-state index is 0.171. The largest absolute Gasteiger partial charge is 0.481 e. The van der Waals surface area contributed by atoms with E-state index in [1.165, 1.54) is 6.20 Å². The quantitative estimate of drug-likeness (QED) is 0.869. The summed E-state index contributed by atoms with van der Waals surface area (Å²) in [5.74, 6) is -1.04. The molecule has 88 valence electrons. The lowest BCUT2D eigenvalue weighted by Crippen LogP contribution is -2.09. The number of nitrogens with zero attached hydrogens (tertiary/aromatic N) is 1. The van der Waals surface area contributed by atoms with Crippen LogP contribution >= 0.6 is 15.9 Å². The molecule has 16 heavy (non-hydrogen) atoms. The third kappa shape index (κ3) is 2.75. The molecular formula is C10H10BrF2NO2. The number of carboxylic acid groups (broad SMARTS) is 1. The van der Waals surface area contributed by atoms with Crippen molar-refractivity contribution < 1.29 is 18.7 Å². The zero-order valence-electron chi connectivity index (χ0n) is 8.51. The smallest absolute Gasteiger partial charge is 0.307 e. The molecule has 0 aromatic carbocycles. The molecule has 0 atom stereocenters. The Labute approximate surface area is 99.6 Å². The van der Waals surface area contributed by atoms with Crippen molar-refractivity contribution in [3.05, 3.63) is 28.6 Å². The number of carboxylic acids is 1. The molecule has 3 nitrogen and oxygen atoms in total. The Bertz CT molecular complexity index is 410. The van der Waals surface area contributed by atoms with Crippen molar-refractivity contribution in [3.8, 4) is 0 Å². The predicted octanol–water partition coefficient (Wildman–Crippen LogP) is 2.85. The number of halogens is 3. The molecular weight excluding hydrogens is 284 g/mol. The second-order valence-corrected chi connectivity index (χ2v) is 3.85. The second kappa shape index (κ2) is 5.34. The van der Waals surface area contributed by atoms with Crippen LogP contribution in [0.15, 0.2) is 6.20 Å². The highest BCUT2D eigenvalue weighted by atomic mass is 79.9. The van der Waals surface area contributed by atoms with Crippen molar-refractivity contribution >= 4 is 21.9 Å². The summed E-state index contributed by atoms with van der Waals surface area (Å²) < 4.78 is 25.3. The average molecular weight is 294 g/mol. The van der Waals surface area contributed by atoms with Gasteiger partial charge in [-0.05, 0) is 23.6 Å². The van der Waals surface area contributed by atoms with Crippen LogP contribution < -0.4 is 0 Å². The fourth-order valence-corrected chi connectivity index (χ4v) is 2.07. The summed E-state index contributed by atoms with van der Waals surface area (Å²) >= 11 is 3.09. The van der Waals surface area contributed by atoms with Gasteiger partial charge in [-0.25, -0.2) is 8.78 Å². The van der Waals surface area contributed by atoms with E-state index in [4.69, 9.17) is 5.11 Å². The number of aliphatic carboxylic acids is 1. The van der Waals surface area contributed by atoms with Gasteiger partial charge in [-0.2, -0.15) is 0 Å². The summed E-state index contributed by atoms with van der Waals surface area (Å²) in [6, 6.07) is 0. The van der Waals surface area contributed by atoms with Crippen molar-refractivity contribution in [2.75, 3.05) is 0 Å². The minimum Gasteiger partial charge on any atom is -0.481 e. The third-order valence-electron chi connectivity index (χ3n) is 2.22. The number of carbonyl (C=O) groups is 1. The molecule has 1 heterocycles. The lowest BCUT2D eigenvalue weighted by atomic mass is 10.0. The van der Waals surface area contributed by atoms with Gasteiger partial charge in [0.2, 0.25) is 0 Å². The normalized spacial score (nSPS) is 10.8. The lowest BCUT2D eigenvalue weighted by Gasteiger charge is -2.12. The molecule has 0 saturated carbocycles. The molecule has 1 rings (SSSR count). The highest BCUT2D eigenvalue weighted by molar-refractivity contribution is 9.08. The Morgan fingerprint density at radius 2 is 2.19 bits per heavy atom. The van der Waals surface area contributed by atoms with Crippen molar-refractivity contribution in [2.45, 2.75) is 25.1 Å². The summed E-state index contributed by atoms with van der Waals surface area (Å²) in [7, 11) is 0. The van der Waals surface area contributed by atoms with E-state index in [2.05, 4.69) is 20.9 Å². The van der Waals surface area contributed by atoms with Crippen molar-refractivity contribution in [1.29, 1.82) is 0 Å². The van der Waals surface area contributed by atoms with E-state index in [0.717, 1.165) is 0 Å². The molecule has 0 aliphatic heterocycles. The summed E-state index contributed by atoms with van der Waals surface area (Å²) in [5, 5.41) is 8.89. The highest BCUT2D eigenvalue weighted by Crippen LogP contribution is 2.27. The predicted molar refractivity (Wildman–Crippen MR) is 57.9 cm³/mol. The Morgan fingerprint density at radius 1 is 1.56 bits per heavy atom. The van der Waals surface area contributed by atoms with Crippen LogP contribution in [0.5, 0.6) is 0 Å². The molecule has 0 bridgehead atoms. The Balaban J connectivity index is 3.32. The summed E-state index contributed by atoms with van der Waals surface area (Å²) in [6.07, 6.45) is -1.68. The van der Waals surface area contributed by atoms with Crippen molar-refractivity contribution in [1.82, 2.24) is 4.98 Å². The first-order chi connectivity index (χ1) is 7.47. The van der Waals surface area contributed by atoms with Gasteiger partial charge in [-0.1, -0.05) is 15.9 Å². The van der Waals surface area contributed by atoms with E-state index in [1.807, 2.05) is 0 Å². The molecule has 1 N–H and O–H groups in total. The van der Waals surface area contributed by atoms with Crippen LogP contribution in [0.4, 0.5) is 8.78 Å². The maximum Gasteiger partial charge on any atom is 0.307 e. The molecule has 1 aromatic rings. The standard InChI is InChI=1S/C10H10BrF2NO2/c1-5-4-14-9(10(12)13)7(3-11)6(5)2-8(15)16/h4,10H,2-3H2,1H3,(H,15,16). The fourth-order valence-electron chi connectivity index (χ4n) is 1.45. The Kier molecular flexibility index (Phi) is 4.35. The van der Waals surface area contributed by atoms with Gasteiger partial charge in [0.15, 0.2) is 0 Å². The summed E-state index contributed by atoms with van der Waals surface area (Å²) in [5.41, 5.74) is 0.951. The van der Waals surface area contributed by atoms with Crippen LogP contribution in [0.2, 0.25) is 0 Å². The second-order valence-electron chi connectivity index (χ2n) is 3.29. The van der Waals surface area contributed by atoms with Crippen LogP contribution in [0.1, 0.15) is 28.8 Å². The molecule has 0 radical (unpaired) electrons. The van der Waals surface area contributed by atoms with Gasteiger partial charge in [-0.15, -0.1) is 0 Å². The maximum absolute atomic E-state index is 12.6. The molecule has 1 aromatic heterocycles. The summed E-state index contributed by atoms with van der Waals surface area (Å²) in [6.45, 7) is 1.66. The topological polar surface area (TPSA) is 50.2 Å². The van der Waals surface area contributed by atoms with Gasteiger partial charge in [0.1, 0.15) is 5.69 Å². The van der Waals surface area contributed by atoms with Gasteiger partial charge in [0.25, 0.3) is 6.43 Å². The van der Waals surface area contributed by atoms with Gasteiger partial charge in [0, 0.05) is 11.5 Å². The van der Waals surface area contributed by atoms with E-state index in [1.54, 1.807) is 6.92 Å². The highest BCUT2D eigenvalue weighted by Gasteiger charge is 2.19. The molecule has 0 fully saturated rings. The number of alkyl halides is 3.